The van der Waals surface area contributed by atoms with Gasteiger partial charge in [-0.05, 0) is 0 Å². The number of carbonyl (C=O) groups is 1. The highest BCUT2D eigenvalue weighted by molar-refractivity contribution is 8.00. The zero-order valence-corrected chi connectivity index (χ0v) is 8.19. The number of aromatic nitrogens is 2. The monoisotopic (exact) mass is 214 g/mol. The summed E-state index contributed by atoms with van der Waals surface area (Å²) in [6.45, 7) is 0. The number of rotatable bonds is 4. The third-order valence-electron chi connectivity index (χ3n) is 1.02. The first-order chi connectivity index (χ1) is 6.33. The summed E-state index contributed by atoms with van der Waals surface area (Å²) >= 11 is 2.40. The van der Waals surface area contributed by atoms with Crippen LogP contribution in [0, 0.1) is 11.3 Å². The van der Waals surface area contributed by atoms with Crippen LogP contribution in [0.25, 0.3) is 0 Å². The lowest BCUT2D eigenvalue weighted by Crippen LogP contribution is -2.13. The largest absolute Gasteiger partial charge is 0.314 e. The van der Waals surface area contributed by atoms with Crippen molar-refractivity contribution in [3.8, 4) is 6.07 Å². The Balaban J connectivity index is 2.23. The Hall–Kier alpha value is -1.13. The number of nitrogens with one attached hydrogen (secondary N) is 1. The highest BCUT2D eigenvalue weighted by atomic mass is 32.2. The van der Waals surface area contributed by atoms with E-state index in [1.54, 1.807) is 0 Å². The third kappa shape index (κ3) is 3.87. The molecule has 1 N–H and O–H groups in total. The molecule has 0 saturated carbocycles. The molecule has 1 aromatic heterocycles. The lowest BCUT2D eigenvalue weighted by molar-refractivity contribution is -0.113. The number of anilines is 1. The number of amides is 1. The van der Waals surface area contributed by atoms with E-state index in [1.807, 2.05) is 6.07 Å². The Bertz CT molecular complexity index is 305. The summed E-state index contributed by atoms with van der Waals surface area (Å²) in [4.78, 5) is 11.1. The molecule has 7 heteroatoms. The fourth-order valence-electron chi connectivity index (χ4n) is 0.585. The van der Waals surface area contributed by atoms with Crippen molar-refractivity contribution >= 4 is 34.2 Å². The van der Waals surface area contributed by atoms with Crippen molar-refractivity contribution in [3.05, 3.63) is 6.20 Å². The number of nitriles is 1. The molecule has 0 aliphatic rings. The van der Waals surface area contributed by atoms with E-state index >= 15 is 0 Å². The van der Waals surface area contributed by atoms with Crippen molar-refractivity contribution in [2.75, 3.05) is 16.8 Å². The van der Waals surface area contributed by atoms with Gasteiger partial charge in [-0.1, -0.05) is 4.49 Å². The number of nitrogens with zero attached hydrogens (tertiary/aromatic N) is 3. The van der Waals surface area contributed by atoms with Crippen LogP contribution in [0.5, 0.6) is 0 Å². The number of thioether (sulfide) groups is 1. The molecule has 0 bridgehead atoms. The van der Waals surface area contributed by atoms with Gasteiger partial charge < -0.3 is 5.32 Å². The van der Waals surface area contributed by atoms with Gasteiger partial charge in [0, 0.05) is 11.5 Å². The fourth-order valence-corrected chi connectivity index (χ4v) is 1.47. The highest BCUT2D eigenvalue weighted by Crippen LogP contribution is 2.09. The van der Waals surface area contributed by atoms with Gasteiger partial charge in [-0.3, -0.25) is 4.79 Å². The van der Waals surface area contributed by atoms with Gasteiger partial charge in [0.05, 0.1) is 23.8 Å². The van der Waals surface area contributed by atoms with Gasteiger partial charge in [-0.15, -0.1) is 16.9 Å². The number of hydrogen-bond donors (Lipinski definition) is 1. The first kappa shape index (κ1) is 9.95. The van der Waals surface area contributed by atoms with Crippen molar-refractivity contribution in [3.63, 3.8) is 0 Å². The normalized spacial score (nSPS) is 9.15. The summed E-state index contributed by atoms with van der Waals surface area (Å²) < 4.78 is 3.59. The summed E-state index contributed by atoms with van der Waals surface area (Å²) in [5.41, 5.74) is 0. The minimum absolute atomic E-state index is 0.133. The lowest BCUT2D eigenvalue weighted by Gasteiger charge is -1.97. The molecule has 0 aliphatic heterocycles. The van der Waals surface area contributed by atoms with Gasteiger partial charge in [0.15, 0.2) is 0 Å². The molecule has 13 heavy (non-hydrogen) atoms. The van der Waals surface area contributed by atoms with Gasteiger partial charge in [0.25, 0.3) is 0 Å². The second-order valence-electron chi connectivity index (χ2n) is 1.98. The number of carbonyl (C=O) groups excluding carboxylic acids is 1. The van der Waals surface area contributed by atoms with E-state index in [0.717, 1.165) is 11.5 Å². The maximum atomic E-state index is 11.1. The summed E-state index contributed by atoms with van der Waals surface area (Å²) in [7, 11) is 0. The van der Waals surface area contributed by atoms with E-state index in [2.05, 4.69) is 14.9 Å². The van der Waals surface area contributed by atoms with Gasteiger partial charge in [0.1, 0.15) is 5.00 Å². The fraction of sp³-hybridized carbons (Fsp3) is 0.333. The average Bonchev–Trinajstić information content (AvgIpc) is 2.57. The van der Waals surface area contributed by atoms with E-state index < -0.39 is 0 Å². The van der Waals surface area contributed by atoms with Gasteiger partial charge in [-0.2, -0.15) is 5.26 Å². The van der Waals surface area contributed by atoms with Crippen LogP contribution in [0.4, 0.5) is 5.00 Å². The minimum Gasteiger partial charge on any atom is -0.314 e. The molecule has 0 spiro atoms. The molecular weight excluding hydrogens is 208 g/mol. The van der Waals surface area contributed by atoms with Crippen LogP contribution in [0.15, 0.2) is 6.20 Å². The van der Waals surface area contributed by atoms with E-state index in [-0.39, 0.29) is 11.7 Å². The Labute approximate surface area is 83.3 Å². The Morgan fingerprint density at radius 2 is 2.69 bits per heavy atom. The predicted molar refractivity (Wildman–Crippen MR) is 51.5 cm³/mol. The second-order valence-corrected chi connectivity index (χ2v) is 3.75. The Kier molecular flexibility index (Phi) is 4.21. The molecule has 1 aromatic rings. The van der Waals surface area contributed by atoms with Gasteiger partial charge >= 0.3 is 0 Å². The SMILES string of the molecule is N#CCSCC(=O)Nc1cnns1. The van der Waals surface area contributed by atoms with Crippen LogP contribution >= 0.6 is 23.3 Å². The minimum atomic E-state index is -0.133. The quantitative estimate of drug-likeness (QED) is 0.747. The van der Waals surface area contributed by atoms with E-state index in [4.69, 9.17) is 5.26 Å². The lowest BCUT2D eigenvalue weighted by atomic mass is 10.7. The zero-order valence-electron chi connectivity index (χ0n) is 6.56. The molecule has 0 aliphatic carbocycles. The standard InChI is InChI=1S/C6H6N4OS2/c7-1-2-12-4-5(11)9-6-3-8-10-13-6/h3H,2,4H2,(H,9,11). The number of hydrogen-bond acceptors (Lipinski definition) is 6. The van der Waals surface area contributed by atoms with E-state index in [0.29, 0.717) is 10.8 Å². The van der Waals surface area contributed by atoms with E-state index in [1.165, 1.54) is 18.0 Å². The molecular formula is C6H6N4OS2. The van der Waals surface area contributed by atoms with Crippen LogP contribution in [-0.4, -0.2) is 27.0 Å². The molecule has 0 radical (unpaired) electrons. The molecule has 0 unspecified atom stereocenters. The van der Waals surface area contributed by atoms with Gasteiger partial charge in [-0.25, -0.2) is 0 Å². The average molecular weight is 214 g/mol. The molecule has 1 heterocycles. The maximum Gasteiger partial charge on any atom is 0.235 e. The second kappa shape index (κ2) is 5.50. The molecule has 1 rings (SSSR count). The molecule has 0 fully saturated rings. The van der Waals surface area contributed by atoms with E-state index in [9.17, 15) is 4.79 Å². The van der Waals surface area contributed by atoms with Crippen molar-refractivity contribution in [1.29, 1.82) is 5.26 Å². The summed E-state index contributed by atoms with van der Waals surface area (Å²) in [5.74, 6) is 0.478. The molecule has 0 saturated heterocycles. The highest BCUT2D eigenvalue weighted by Gasteiger charge is 2.03. The Morgan fingerprint density at radius 1 is 1.85 bits per heavy atom. The molecule has 0 atom stereocenters. The summed E-state index contributed by atoms with van der Waals surface area (Å²) in [5, 5.41) is 15.0. The van der Waals surface area contributed by atoms with Crippen molar-refractivity contribution in [2.24, 2.45) is 0 Å². The van der Waals surface area contributed by atoms with Crippen LogP contribution in [0.1, 0.15) is 0 Å². The first-order valence-electron chi connectivity index (χ1n) is 3.35. The van der Waals surface area contributed by atoms with Crippen LogP contribution < -0.4 is 5.32 Å². The van der Waals surface area contributed by atoms with Crippen molar-refractivity contribution in [1.82, 2.24) is 9.59 Å². The predicted octanol–water partition coefficient (Wildman–Crippen LogP) is 0.733. The molecule has 5 nitrogen and oxygen atoms in total. The van der Waals surface area contributed by atoms with Crippen LogP contribution in [-0.2, 0) is 4.79 Å². The first-order valence-corrected chi connectivity index (χ1v) is 5.27. The van der Waals surface area contributed by atoms with Crippen molar-refractivity contribution < 1.29 is 4.79 Å². The zero-order chi connectivity index (χ0) is 9.52. The Morgan fingerprint density at radius 3 is 3.31 bits per heavy atom. The summed E-state index contributed by atoms with van der Waals surface area (Å²) in [6, 6.07) is 1.94. The summed E-state index contributed by atoms with van der Waals surface area (Å²) in [6.07, 6.45) is 1.48. The maximum absolute atomic E-state index is 11.1. The molecule has 68 valence electrons. The van der Waals surface area contributed by atoms with Crippen molar-refractivity contribution in [2.45, 2.75) is 0 Å². The molecule has 1 amide bonds. The molecule has 0 aromatic carbocycles. The smallest absolute Gasteiger partial charge is 0.235 e. The van der Waals surface area contributed by atoms with Gasteiger partial charge in [0.2, 0.25) is 5.91 Å². The third-order valence-corrected chi connectivity index (χ3v) is 2.40. The van der Waals surface area contributed by atoms with Crippen LogP contribution in [0.3, 0.4) is 0 Å². The van der Waals surface area contributed by atoms with Crippen LogP contribution in [0.2, 0.25) is 0 Å². The topological polar surface area (TPSA) is 78.7 Å².